The monoisotopic (exact) mass is 281 g/mol. The van der Waals surface area contributed by atoms with E-state index >= 15 is 0 Å². The normalized spacial score (nSPS) is 16.9. The third-order valence-corrected chi connectivity index (χ3v) is 3.38. The van der Waals surface area contributed by atoms with Crippen molar-refractivity contribution in [1.82, 2.24) is 0 Å². The van der Waals surface area contributed by atoms with Crippen LogP contribution in [0.2, 0.25) is 0 Å². The van der Waals surface area contributed by atoms with Gasteiger partial charge in [0.25, 0.3) is 5.91 Å². The van der Waals surface area contributed by atoms with Crippen LogP contribution in [0, 0.1) is 0 Å². The number of rotatable bonds is 2. The van der Waals surface area contributed by atoms with Crippen molar-refractivity contribution in [3.05, 3.63) is 48.0 Å². The van der Waals surface area contributed by atoms with E-state index in [9.17, 15) is 4.79 Å². The summed E-state index contributed by atoms with van der Waals surface area (Å²) in [7, 11) is 1.63. The van der Waals surface area contributed by atoms with Crippen LogP contribution in [0.1, 0.15) is 5.56 Å². The first-order chi connectivity index (χ1) is 10.2. The van der Waals surface area contributed by atoms with Crippen molar-refractivity contribution < 1.29 is 9.53 Å². The van der Waals surface area contributed by atoms with E-state index < -0.39 is 6.17 Å². The van der Waals surface area contributed by atoms with Gasteiger partial charge in [0, 0.05) is 11.8 Å². The minimum absolute atomic E-state index is 0.308. The Labute approximate surface area is 122 Å². The molecule has 1 amide bonds. The van der Waals surface area contributed by atoms with Gasteiger partial charge in [-0.1, -0.05) is 24.3 Å². The Bertz CT molecular complexity index is 708. The van der Waals surface area contributed by atoms with Gasteiger partial charge in [-0.3, -0.25) is 9.79 Å². The van der Waals surface area contributed by atoms with Gasteiger partial charge in [-0.25, -0.2) is 0 Å². The van der Waals surface area contributed by atoms with Crippen LogP contribution in [0.5, 0.6) is 5.75 Å². The molecule has 0 fully saturated rings. The number of hydrogen-bond donors (Lipinski definition) is 2. The van der Waals surface area contributed by atoms with E-state index in [1.165, 1.54) is 0 Å². The molecule has 106 valence electrons. The quantitative estimate of drug-likeness (QED) is 0.884. The molecule has 5 nitrogen and oxygen atoms in total. The number of methoxy groups -OCH3 is 1. The number of carbonyl (C=O) groups is 1. The number of ether oxygens (including phenoxy) is 1. The molecule has 0 spiro atoms. The zero-order valence-electron chi connectivity index (χ0n) is 11.5. The maximum atomic E-state index is 11.7. The van der Waals surface area contributed by atoms with Crippen molar-refractivity contribution in [2.45, 2.75) is 6.17 Å². The molecule has 0 aromatic heterocycles. The second kappa shape index (κ2) is 5.38. The lowest BCUT2D eigenvalue weighted by Gasteiger charge is -2.10. The van der Waals surface area contributed by atoms with Crippen molar-refractivity contribution in [2.75, 3.05) is 12.4 Å². The Balaban J connectivity index is 1.98. The predicted octanol–water partition coefficient (Wildman–Crippen LogP) is 2.02. The van der Waals surface area contributed by atoms with E-state index in [1.54, 1.807) is 13.3 Å². The van der Waals surface area contributed by atoms with Crippen LogP contribution >= 0.6 is 0 Å². The number of nitrogens with one attached hydrogen (secondary N) is 1. The number of benzene rings is 2. The molecule has 1 heterocycles. The van der Waals surface area contributed by atoms with Crippen LogP contribution in [-0.2, 0) is 4.79 Å². The Kier molecular flexibility index (Phi) is 3.41. The highest BCUT2D eigenvalue weighted by Crippen LogP contribution is 2.27. The van der Waals surface area contributed by atoms with Crippen molar-refractivity contribution in [1.29, 1.82) is 0 Å². The first kappa shape index (κ1) is 13.3. The molecule has 0 aliphatic carbocycles. The molecular weight excluding hydrogens is 266 g/mol. The van der Waals surface area contributed by atoms with Gasteiger partial charge in [-0.05, 0) is 29.3 Å². The van der Waals surface area contributed by atoms with Gasteiger partial charge in [-0.2, -0.15) is 0 Å². The van der Waals surface area contributed by atoms with Crippen molar-refractivity contribution >= 4 is 17.8 Å². The van der Waals surface area contributed by atoms with Gasteiger partial charge in [0.05, 0.1) is 12.8 Å². The second-order valence-electron chi connectivity index (χ2n) is 4.74. The number of fused-ring (bicyclic) bond motifs is 1. The van der Waals surface area contributed by atoms with E-state index in [-0.39, 0.29) is 5.91 Å². The number of nitrogens with zero attached hydrogens (tertiary/aromatic N) is 1. The number of amides is 1. The fourth-order valence-corrected chi connectivity index (χ4v) is 2.18. The maximum absolute atomic E-state index is 11.7. The summed E-state index contributed by atoms with van der Waals surface area (Å²) in [6.45, 7) is 0. The van der Waals surface area contributed by atoms with Crippen LogP contribution in [-0.4, -0.2) is 25.4 Å². The molecule has 5 heteroatoms. The Morgan fingerprint density at radius 3 is 2.57 bits per heavy atom. The zero-order valence-corrected chi connectivity index (χ0v) is 11.5. The van der Waals surface area contributed by atoms with E-state index in [1.807, 2.05) is 42.5 Å². The Hall–Kier alpha value is -2.66. The van der Waals surface area contributed by atoms with Gasteiger partial charge >= 0.3 is 0 Å². The molecule has 2 aromatic carbocycles. The molecular formula is C16H15N3O2. The van der Waals surface area contributed by atoms with E-state index in [0.717, 1.165) is 22.4 Å². The van der Waals surface area contributed by atoms with E-state index in [2.05, 4.69) is 10.3 Å². The van der Waals surface area contributed by atoms with Crippen LogP contribution < -0.4 is 15.8 Å². The van der Waals surface area contributed by atoms with Crippen LogP contribution in [0.15, 0.2) is 47.5 Å². The minimum atomic E-state index is -0.859. The number of anilines is 1. The highest BCUT2D eigenvalue weighted by Gasteiger charge is 2.17. The van der Waals surface area contributed by atoms with Crippen molar-refractivity contribution in [3.63, 3.8) is 0 Å². The molecule has 0 saturated carbocycles. The highest BCUT2D eigenvalue weighted by atomic mass is 16.5. The SMILES string of the molecule is COc1ccc(-c2ccc3c(c2)NC(=O)C(N)N=C3)cc1. The Morgan fingerprint density at radius 1 is 1.14 bits per heavy atom. The number of carbonyl (C=O) groups excluding carboxylic acids is 1. The minimum Gasteiger partial charge on any atom is -0.497 e. The molecule has 21 heavy (non-hydrogen) atoms. The standard InChI is InChI=1S/C16H15N3O2/c1-21-13-6-4-10(5-7-13)11-2-3-12-9-18-15(17)16(20)19-14(12)8-11/h2-9,15H,17H2,1H3,(H,19,20). The van der Waals surface area contributed by atoms with Gasteiger partial charge in [0.1, 0.15) is 5.75 Å². The third kappa shape index (κ3) is 2.64. The topological polar surface area (TPSA) is 76.7 Å². The molecule has 1 atom stereocenters. The maximum Gasteiger partial charge on any atom is 0.263 e. The second-order valence-corrected chi connectivity index (χ2v) is 4.74. The lowest BCUT2D eigenvalue weighted by atomic mass is 10.0. The summed E-state index contributed by atoms with van der Waals surface area (Å²) >= 11 is 0. The molecule has 3 N–H and O–H groups in total. The van der Waals surface area contributed by atoms with Gasteiger partial charge in [0.2, 0.25) is 0 Å². The molecule has 3 rings (SSSR count). The highest BCUT2D eigenvalue weighted by molar-refractivity contribution is 6.03. The fraction of sp³-hybridized carbons (Fsp3) is 0.125. The van der Waals surface area contributed by atoms with Crippen LogP contribution in [0.25, 0.3) is 11.1 Å². The molecule has 1 aliphatic rings. The van der Waals surface area contributed by atoms with Gasteiger partial charge in [0.15, 0.2) is 6.17 Å². The summed E-state index contributed by atoms with van der Waals surface area (Å²) in [4.78, 5) is 15.7. The molecule has 2 aromatic rings. The number of benzodiazepines with no additional fused rings is 1. The van der Waals surface area contributed by atoms with Crippen molar-refractivity contribution in [2.24, 2.45) is 10.7 Å². The largest absolute Gasteiger partial charge is 0.497 e. The molecule has 1 aliphatic heterocycles. The first-order valence-corrected chi connectivity index (χ1v) is 6.55. The third-order valence-electron chi connectivity index (χ3n) is 3.38. The van der Waals surface area contributed by atoms with Crippen molar-refractivity contribution in [3.8, 4) is 16.9 Å². The molecule has 0 radical (unpaired) electrons. The fourth-order valence-electron chi connectivity index (χ4n) is 2.18. The first-order valence-electron chi connectivity index (χ1n) is 6.55. The summed E-state index contributed by atoms with van der Waals surface area (Å²) in [5.74, 6) is 0.497. The average Bonchev–Trinajstić information content (AvgIpc) is 2.66. The van der Waals surface area contributed by atoms with Gasteiger partial charge < -0.3 is 15.8 Å². The number of nitrogens with two attached hydrogens (primary N) is 1. The Morgan fingerprint density at radius 2 is 1.86 bits per heavy atom. The molecule has 0 bridgehead atoms. The van der Waals surface area contributed by atoms with E-state index in [4.69, 9.17) is 10.5 Å². The molecule has 0 saturated heterocycles. The predicted molar refractivity (Wildman–Crippen MR) is 82.6 cm³/mol. The summed E-state index contributed by atoms with van der Waals surface area (Å²) in [5, 5.41) is 2.79. The summed E-state index contributed by atoms with van der Waals surface area (Å²) in [6.07, 6.45) is 0.761. The van der Waals surface area contributed by atoms with E-state index in [0.29, 0.717) is 5.69 Å². The van der Waals surface area contributed by atoms with Gasteiger partial charge in [-0.15, -0.1) is 0 Å². The summed E-state index contributed by atoms with van der Waals surface area (Å²) in [6, 6.07) is 13.6. The lowest BCUT2D eigenvalue weighted by Crippen LogP contribution is -2.32. The number of aliphatic imine (C=N–C) groups is 1. The summed E-state index contributed by atoms with van der Waals surface area (Å²) < 4.78 is 5.15. The summed E-state index contributed by atoms with van der Waals surface area (Å²) in [5.41, 5.74) is 9.21. The molecule has 1 unspecified atom stereocenters. The lowest BCUT2D eigenvalue weighted by molar-refractivity contribution is -0.117. The van der Waals surface area contributed by atoms with Crippen LogP contribution in [0.3, 0.4) is 0 Å². The zero-order chi connectivity index (χ0) is 14.8. The van der Waals surface area contributed by atoms with Crippen LogP contribution in [0.4, 0.5) is 5.69 Å². The number of hydrogen-bond acceptors (Lipinski definition) is 4. The smallest absolute Gasteiger partial charge is 0.263 e. The average molecular weight is 281 g/mol.